The van der Waals surface area contributed by atoms with Crippen LogP contribution in [0.15, 0.2) is 24.5 Å². The van der Waals surface area contributed by atoms with E-state index in [0.717, 1.165) is 24.1 Å². The second kappa shape index (κ2) is 6.83. The molecule has 0 radical (unpaired) electrons. The predicted octanol–water partition coefficient (Wildman–Crippen LogP) is 2.44. The number of rotatable bonds is 6. The molecule has 1 heterocycles. The van der Waals surface area contributed by atoms with Crippen molar-refractivity contribution in [2.45, 2.75) is 19.9 Å². The number of aromatic amines is 1. The van der Waals surface area contributed by atoms with Crippen molar-refractivity contribution in [1.82, 2.24) is 15.5 Å². The Kier molecular flexibility index (Phi) is 4.86. The van der Waals surface area contributed by atoms with E-state index in [4.69, 9.17) is 0 Å². The van der Waals surface area contributed by atoms with E-state index in [0.29, 0.717) is 6.54 Å². The standard InChI is InChI=1S/C14H16F2N4O/c1-2-3-17-13-11(15)4-10(5-12(13)16)14(21)18-6-9-7-19-20-8-9/h4-5,7-8,17H,2-3,6H2,1H3,(H,18,21)(H,19,20). The second-order valence-electron chi connectivity index (χ2n) is 4.53. The molecule has 0 spiro atoms. The quantitative estimate of drug-likeness (QED) is 0.766. The van der Waals surface area contributed by atoms with Gasteiger partial charge in [-0.1, -0.05) is 6.92 Å². The fourth-order valence-corrected chi connectivity index (χ4v) is 1.78. The molecule has 1 amide bonds. The number of hydrogen-bond donors (Lipinski definition) is 3. The van der Waals surface area contributed by atoms with Crippen molar-refractivity contribution in [3.05, 3.63) is 47.3 Å². The van der Waals surface area contributed by atoms with E-state index < -0.39 is 17.5 Å². The lowest BCUT2D eigenvalue weighted by Crippen LogP contribution is -2.23. The molecular formula is C14H16F2N4O. The largest absolute Gasteiger partial charge is 0.380 e. The number of aromatic nitrogens is 2. The van der Waals surface area contributed by atoms with Crippen LogP contribution in [0.1, 0.15) is 29.3 Å². The Labute approximate surface area is 120 Å². The maximum Gasteiger partial charge on any atom is 0.251 e. The van der Waals surface area contributed by atoms with E-state index in [1.807, 2.05) is 6.92 Å². The van der Waals surface area contributed by atoms with Gasteiger partial charge in [-0.2, -0.15) is 5.10 Å². The Morgan fingerprint density at radius 2 is 2.05 bits per heavy atom. The summed E-state index contributed by atoms with van der Waals surface area (Å²) in [7, 11) is 0. The first-order valence-electron chi connectivity index (χ1n) is 6.60. The molecule has 5 nitrogen and oxygen atoms in total. The van der Waals surface area contributed by atoms with E-state index in [1.54, 1.807) is 12.4 Å². The van der Waals surface area contributed by atoms with Crippen LogP contribution in [-0.4, -0.2) is 22.6 Å². The van der Waals surface area contributed by atoms with Crippen molar-refractivity contribution in [2.24, 2.45) is 0 Å². The van der Waals surface area contributed by atoms with Gasteiger partial charge in [0.1, 0.15) is 17.3 Å². The summed E-state index contributed by atoms with van der Waals surface area (Å²) in [6.45, 7) is 2.58. The van der Waals surface area contributed by atoms with E-state index in [-0.39, 0.29) is 17.8 Å². The van der Waals surface area contributed by atoms with Gasteiger partial charge >= 0.3 is 0 Å². The summed E-state index contributed by atoms with van der Waals surface area (Å²) in [5, 5.41) is 11.6. The third-order valence-corrected chi connectivity index (χ3v) is 2.86. The van der Waals surface area contributed by atoms with Gasteiger partial charge in [-0.25, -0.2) is 8.78 Å². The highest BCUT2D eigenvalue weighted by Crippen LogP contribution is 2.20. The zero-order valence-electron chi connectivity index (χ0n) is 11.5. The van der Waals surface area contributed by atoms with Crippen LogP contribution in [0, 0.1) is 11.6 Å². The summed E-state index contributed by atoms with van der Waals surface area (Å²) in [6, 6.07) is 2.04. The van der Waals surface area contributed by atoms with Gasteiger partial charge in [0.05, 0.1) is 6.20 Å². The molecule has 2 rings (SSSR count). The Bertz CT molecular complexity index is 590. The van der Waals surface area contributed by atoms with Crippen LogP contribution in [0.2, 0.25) is 0 Å². The maximum absolute atomic E-state index is 13.8. The van der Waals surface area contributed by atoms with Gasteiger partial charge in [0, 0.05) is 30.4 Å². The fourth-order valence-electron chi connectivity index (χ4n) is 1.78. The molecule has 112 valence electrons. The first-order valence-corrected chi connectivity index (χ1v) is 6.60. The van der Waals surface area contributed by atoms with Gasteiger partial charge in [0.25, 0.3) is 5.91 Å². The first-order chi connectivity index (χ1) is 10.1. The molecule has 1 aromatic heterocycles. The van der Waals surface area contributed by atoms with Gasteiger partial charge in [0.15, 0.2) is 0 Å². The van der Waals surface area contributed by atoms with Crippen LogP contribution in [0.4, 0.5) is 14.5 Å². The lowest BCUT2D eigenvalue weighted by molar-refractivity contribution is 0.0950. The van der Waals surface area contributed by atoms with Gasteiger partial charge in [-0.3, -0.25) is 9.89 Å². The van der Waals surface area contributed by atoms with Crippen LogP contribution < -0.4 is 10.6 Å². The van der Waals surface area contributed by atoms with Crippen molar-refractivity contribution < 1.29 is 13.6 Å². The van der Waals surface area contributed by atoms with Crippen molar-refractivity contribution in [3.8, 4) is 0 Å². The number of nitrogens with one attached hydrogen (secondary N) is 3. The average molecular weight is 294 g/mol. The van der Waals surface area contributed by atoms with Crippen molar-refractivity contribution >= 4 is 11.6 Å². The smallest absolute Gasteiger partial charge is 0.251 e. The number of hydrogen-bond acceptors (Lipinski definition) is 3. The highest BCUT2D eigenvalue weighted by molar-refractivity contribution is 5.94. The summed E-state index contributed by atoms with van der Waals surface area (Å²) >= 11 is 0. The Morgan fingerprint density at radius 1 is 1.33 bits per heavy atom. The monoisotopic (exact) mass is 294 g/mol. The maximum atomic E-state index is 13.8. The van der Waals surface area contributed by atoms with E-state index >= 15 is 0 Å². The molecule has 7 heteroatoms. The Morgan fingerprint density at radius 3 is 2.62 bits per heavy atom. The highest BCUT2D eigenvalue weighted by atomic mass is 19.1. The molecule has 21 heavy (non-hydrogen) atoms. The molecule has 2 aromatic rings. The molecule has 3 N–H and O–H groups in total. The minimum atomic E-state index is -0.781. The lowest BCUT2D eigenvalue weighted by Gasteiger charge is -2.10. The summed E-state index contributed by atoms with van der Waals surface area (Å²) in [5.74, 6) is -2.11. The molecule has 0 aliphatic carbocycles. The molecule has 0 saturated heterocycles. The topological polar surface area (TPSA) is 69.8 Å². The molecule has 0 atom stereocenters. The van der Waals surface area contributed by atoms with Gasteiger partial charge in [-0.05, 0) is 18.6 Å². The van der Waals surface area contributed by atoms with Gasteiger partial charge in [0.2, 0.25) is 0 Å². The number of H-pyrrole nitrogens is 1. The number of benzene rings is 1. The minimum absolute atomic E-state index is 0.0597. The van der Waals surface area contributed by atoms with Crippen LogP contribution in [0.5, 0.6) is 0 Å². The first kappa shape index (κ1) is 15.0. The number of carbonyl (C=O) groups is 1. The van der Waals surface area contributed by atoms with Crippen LogP contribution in [0.25, 0.3) is 0 Å². The minimum Gasteiger partial charge on any atom is -0.380 e. The van der Waals surface area contributed by atoms with Crippen LogP contribution in [0.3, 0.4) is 0 Å². The van der Waals surface area contributed by atoms with Gasteiger partial charge < -0.3 is 10.6 Å². The third kappa shape index (κ3) is 3.77. The SMILES string of the molecule is CCCNc1c(F)cc(C(=O)NCc2cn[nH]c2)cc1F. The summed E-state index contributed by atoms with van der Waals surface area (Å²) < 4.78 is 27.6. The molecule has 0 fully saturated rings. The number of carbonyl (C=O) groups excluding carboxylic acids is 1. The summed E-state index contributed by atoms with van der Waals surface area (Å²) in [4.78, 5) is 11.9. The normalized spacial score (nSPS) is 10.4. The molecule has 0 unspecified atom stereocenters. The number of nitrogens with zero attached hydrogens (tertiary/aromatic N) is 1. The zero-order chi connectivity index (χ0) is 15.2. The van der Waals surface area contributed by atoms with E-state index in [9.17, 15) is 13.6 Å². The Balaban J connectivity index is 2.07. The van der Waals surface area contributed by atoms with E-state index in [1.165, 1.54) is 0 Å². The molecular weight excluding hydrogens is 278 g/mol. The van der Waals surface area contributed by atoms with Crippen molar-refractivity contribution in [3.63, 3.8) is 0 Å². The van der Waals surface area contributed by atoms with Crippen LogP contribution in [-0.2, 0) is 6.54 Å². The number of halogens is 2. The van der Waals surface area contributed by atoms with Gasteiger partial charge in [-0.15, -0.1) is 0 Å². The Hall–Kier alpha value is -2.44. The molecule has 0 aliphatic heterocycles. The molecule has 0 aliphatic rings. The lowest BCUT2D eigenvalue weighted by atomic mass is 10.1. The van der Waals surface area contributed by atoms with Crippen molar-refractivity contribution in [2.75, 3.05) is 11.9 Å². The molecule has 1 aromatic carbocycles. The highest BCUT2D eigenvalue weighted by Gasteiger charge is 2.14. The summed E-state index contributed by atoms with van der Waals surface area (Å²) in [5.41, 5.74) is 0.504. The second-order valence-corrected chi connectivity index (χ2v) is 4.53. The third-order valence-electron chi connectivity index (χ3n) is 2.86. The zero-order valence-corrected chi connectivity index (χ0v) is 11.5. The molecule has 0 bridgehead atoms. The molecule has 0 saturated carbocycles. The predicted molar refractivity (Wildman–Crippen MR) is 74.9 cm³/mol. The summed E-state index contributed by atoms with van der Waals surface area (Å²) in [6.07, 6.45) is 3.92. The average Bonchev–Trinajstić information content (AvgIpc) is 2.97. The number of anilines is 1. The number of amides is 1. The fraction of sp³-hybridized carbons (Fsp3) is 0.286. The van der Waals surface area contributed by atoms with E-state index in [2.05, 4.69) is 20.8 Å². The van der Waals surface area contributed by atoms with Crippen LogP contribution >= 0.6 is 0 Å². The van der Waals surface area contributed by atoms with Crippen molar-refractivity contribution in [1.29, 1.82) is 0 Å².